The lowest BCUT2D eigenvalue weighted by Crippen LogP contribution is -2.39. The van der Waals surface area contributed by atoms with Crippen LogP contribution in [0.3, 0.4) is 0 Å². The average Bonchev–Trinajstić information content (AvgIpc) is 2.47. The molecule has 0 amide bonds. The van der Waals surface area contributed by atoms with Crippen LogP contribution >= 0.6 is 0 Å². The molecule has 0 aliphatic heterocycles. The molecule has 1 unspecified atom stereocenters. The van der Waals surface area contributed by atoms with Crippen LogP contribution in [0.5, 0.6) is 11.5 Å². The van der Waals surface area contributed by atoms with Crippen LogP contribution in [-0.4, -0.2) is 41.0 Å². The van der Waals surface area contributed by atoms with E-state index in [-0.39, 0.29) is 6.54 Å². The standard InChI is InChI=1S/C14H24N2O4S/c1-4-12(10-15)21(17,18)16-8-7-11-5-6-13(19-2)14(9-11)20-3/h5-6,9,12,16H,4,7-8,10,15H2,1-3H3. The molecule has 0 radical (unpaired) electrons. The van der Waals surface area contributed by atoms with E-state index in [9.17, 15) is 8.42 Å². The second-order valence-electron chi connectivity index (χ2n) is 4.64. The van der Waals surface area contributed by atoms with E-state index in [1.807, 2.05) is 19.1 Å². The molecule has 0 heterocycles. The van der Waals surface area contributed by atoms with Crippen molar-refractivity contribution in [3.05, 3.63) is 23.8 Å². The molecule has 0 bridgehead atoms. The van der Waals surface area contributed by atoms with Crippen LogP contribution in [0, 0.1) is 0 Å². The average molecular weight is 316 g/mol. The van der Waals surface area contributed by atoms with Crippen molar-refractivity contribution in [1.29, 1.82) is 0 Å². The third-order valence-electron chi connectivity index (χ3n) is 3.32. The minimum atomic E-state index is -3.35. The molecule has 0 spiro atoms. The Balaban J connectivity index is 2.64. The smallest absolute Gasteiger partial charge is 0.215 e. The summed E-state index contributed by atoms with van der Waals surface area (Å²) in [6.07, 6.45) is 1.07. The van der Waals surface area contributed by atoms with E-state index in [0.717, 1.165) is 5.56 Å². The molecule has 0 saturated heterocycles. The van der Waals surface area contributed by atoms with Crippen LogP contribution in [0.4, 0.5) is 0 Å². The fourth-order valence-corrected chi connectivity index (χ4v) is 3.32. The van der Waals surface area contributed by atoms with Gasteiger partial charge in [0.2, 0.25) is 10.0 Å². The lowest BCUT2D eigenvalue weighted by Gasteiger charge is -2.15. The maximum Gasteiger partial charge on any atom is 0.215 e. The van der Waals surface area contributed by atoms with Gasteiger partial charge in [-0.25, -0.2) is 13.1 Å². The minimum absolute atomic E-state index is 0.127. The van der Waals surface area contributed by atoms with Gasteiger partial charge >= 0.3 is 0 Å². The number of methoxy groups -OCH3 is 2. The van der Waals surface area contributed by atoms with Crippen molar-refractivity contribution in [2.75, 3.05) is 27.3 Å². The van der Waals surface area contributed by atoms with Gasteiger partial charge in [-0.3, -0.25) is 0 Å². The molecule has 120 valence electrons. The maximum absolute atomic E-state index is 12.0. The zero-order valence-electron chi connectivity index (χ0n) is 12.8. The highest BCUT2D eigenvalue weighted by molar-refractivity contribution is 7.90. The molecular weight excluding hydrogens is 292 g/mol. The summed E-state index contributed by atoms with van der Waals surface area (Å²) in [6, 6.07) is 5.53. The lowest BCUT2D eigenvalue weighted by atomic mass is 10.1. The second-order valence-corrected chi connectivity index (χ2v) is 6.69. The summed E-state index contributed by atoms with van der Waals surface area (Å²) >= 11 is 0. The molecule has 7 heteroatoms. The Bertz CT molecular complexity index is 542. The zero-order valence-corrected chi connectivity index (χ0v) is 13.6. The zero-order chi connectivity index (χ0) is 15.9. The predicted octanol–water partition coefficient (Wildman–Crippen LogP) is 0.903. The van der Waals surface area contributed by atoms with E-state index in [2.05, 4.69) is 4.72 Å². The molecule has 3 N–H and O–H groups in total. The first-order valence-corrected chi connectivity index (χ1v) is 8.42. The number of benzene rings is 1. The monoisotopic (exact) mass is 316 g/mol. The van der Waals surface area contributed by atoms with E-state index in [4.69, 9.17) is 15.2 Å². The van der Waals surface area contributed by atoms with Gasteiger partial charge in [0.1, 0.15) is 0 Å². The molecule has 0 saturated carbocycles. The van der Waals surface area contributed by atoms with Crippen LogP contribution in [0.2, 0.25) is 0 Å². The Labute approximate surface area is 126 Å². The van der Waals surface area contributed by atoms with Gasteiger partial charge in [0.15, 0.2) is 11.5 Å². The molecule has 0 fully saturated rings. The SMILES string of the molecule is CCC(CN)S(=O)(=O)NCCc1ccc(OC)c(OC)c1. The number of ether oxygens (including phenoxy) is 2. The van der Waals surface area contributed by atoms with E-state index in [0.29, 0.717) is 30.9 Å². The van der Waals surface area contributed by atoms with Crippen LogP contribution in [0.1, 0.15) is 18.9 Å². The van der Waals surface area contributed by atoms with Gasteiger partial charge < -0.3 is 15.2 Å². The van der Waals surface area contributed by atoms with E-state index >= 15 is 0 Å². The summed E-state index contributed by atoms with van der Waals surface area (Å²) in [4.78, 5) is 0. The Morgan fingerprint density at radius 2 is 1.90 bits per heavy atom. The van der Waals surface area contributed by atoms with Crippen molar-refractivity contribution >= 4 is 10.0 Å². The number of rotatable bonds is 9. The molecule has 1 rings (SSSR count). The summed E-state index contributed by atoms with van der Waals surface area (Å²) in [5.41, 5.74) is 6.44. The normalized spacial score (nSPS) is 13.0. The van der Waals surface area contributed by atoms with Crippen molar-refractivity contribution in [3.8, 4) is 11.5 Å². The second kappa shape index (κ2) is 8.21. The molecule has 1 aromatic carbocycles. The van der Waals surface area contributed by atoms with Gasteiger partial charge in [-0.15, -0.1) is 0 Å². The summed E-state index contributed by atoms with van der Waals surface area (Å²) in [5, 5.41) is -0.539. The molecule has 0 aliphatic carbocycles. The van der Waals surface area contributed by atoms with Gasteiger partial charge in [-0.2, -0.15) is 0 Å². The van der Waals surface area contributed by atoms with Crippen molar-refractivity contribution < 1.29 is 17.9 Å². The van der Waals surface area contributed by atoms with Crippen molar-refractivity contribution in [2.45, 2.75) is 25.0 Å². The van der Waals surface area contributed by atoms with E-state index in [1.165, 1.54) is 0 Å². The van der Waals surface area contributed by atoms with Crippen molar-refractivity contribution in [2.24, 2.45) is 5.73 Å². The Morgan fingerprint density at radius 3 is 2.43 bits per heavy atom. The molecule has 21 heavy (non-hydrogen) atoms. The first-order chi connectivity index (χ1) is 9.98. The Morgan fingerprint density at radius 1 is 1.24 bits per heavy atom. The van der Waals surface area contributed by atoms with Crippen LogP contribution in [0.15, 0.2) is 18.2 Å². The molecule has 1 atom stereocenters. The highest BCUT2D eigenvalue weighted by atomic mass is 32.2. The summed E-state index contributed by atoms with van der Waals surface area (Å²) < 4.78 is 36.9. The quantitative estimate of drug-likeness (QED) is 0.706. The summed E-state index contributed by atoms with van der Waals surface area (Å²) in [5.74, 6) is 1.28. The van der Waals surface area contributed by atoms with Crippen LogP contribution in [-0.2, 0) is 16.4 Å². The number of hydrogen-bond donors (Lipinski definition) is 2. The third-order valence-corrected chi connectivity index (χ3v) is 5.33. The summed E-state index contributed by atoms with van der Waals surface area (Å²) in [7, 11) is -0.212. The Hall–Kier alpha value is -1.31. The number of sulfonamides is 1. The fraction of sp³-hybridized carbons (Fsp3) is 0.571. The predicted molar refractivity (Wildman–Crippen MR) is 83.3 cm³/mol. The van der Waals surface area contributed by atoms with Gasteiger partial charge in [0.25, 0.3) is 0 Å². The topological polar surface area (TPSA) is 90.7 Å². The molecule has 0 aromatic heterocycles. The van der Waals surface area contributed by atoms with Crippen LogP contribution in [0.25, 0.3) is 0 Å². The molecular formula is C14H24N2O4S. The Kier molecular flexibility index (Phi) is 6.94. The number of hydrogen-bond acceptors (Lipinski definition) is 5. The van der Waals surface area contributed by atoms with Gasteiger partial charge in [-0.1, -0.05) is 13.0 Å². The number of nitrogens with two attached hydrogens (primary N) is 1. The van der Waals surface area contributed by atoms with Gasteiger partial charge in [-0.05, 0) is 30.5 Å². The van der Waals surface area contributed by atoms with E-state index in [1.54, 1.807) is 20.3 Å². The molecule has 6 nitrogen and oxygen atoms in total. The molecule has 0 aliphatic rings. The molecule has 1 aromatic rings. The number of nitrogens with one attached hydrogen (secondary N) is 1. The van der Waals surface area contributed by atoms with Gasteiger partial charge in [0, 0.05) is 13.1 Å². The fourth-order valence-electron chi connectivity index (χ4n) is 2.00. The summed E-state index contributed by atoms with van der Waals surface area (Å²) in [6.45, 7) is 2.27. The van der Waals surface area contributed by atoms with Gasteiger partial charge in [0.05, 0.1) is 19.5 Å². The lowest BCUT2D eigenvalue weighted by molar-refractivity contribution is 0.354. The highest BCUT2D eigenvalue weighted by Crippen LogP contribution is 2.27. The third kappa shape index (κ3) is 4.87. The highest BCUT2D eigenvalue weighted by Gasteiger charge is 2.21. The van der Waals surface area contributed by atoms with E-state index < -0.39 is 15.3 Å². The first kappa shape index (κ1) is 17.7. The minimum Gasteiger partial charge on any atom is -0.493 e. The van der Waals surface area contributed by atoms with Crippen LogP contribution < -0.4 is 19.9 Å². The largest absolute Gasteiger partial charge is 0.493 e. The first-order valence-electron chi connectivity index (χ1n) is 6.87. The van der Waals surface area contributed by atoms with Crippen molar-refractivity contribution in [3.63, 3.8) is 0 Å². The van der Waals surface area contributed by atoms with Crippen molar-refractivity contribution in [1.82, 2.24) is 4.72 Å². The maximum atomic E-state index is 12.0.